The van der Waals surface area contributed by atoms with Crippen LogP contribution in [0.5, 0.6) is 0 Å². The van der Waals surface area contributed by atoms with Gasteiger partial charge in [0.05, 0.1) is 12.0 Å². The van der Waals surface area contributed by atoms with Crippen LogP contribution in [0.25, 0.3) is 0 Å². The summed E-state index contributed by atoms with van der Waals surface area (Å²) in [5, 5.41) is 3.18. The first-order chi connectivity index (χ1) is 11.8. The molecule has 1 amide bonds. The zero-order chi connectivity index (χ0) is 18.4. The number of carbonyl (C=O) groups is 1. The minimum Gasteiger partial charge on any atom is -0.326 e. The van der Waals surface area contributed by atoms with Crippen molar-refractivity contribution in [3.8, 4) is 0 Å². The Morgan fingerprint density at radius 2 is 1.72 bits per heavy atom. The van der Waals surface area contributed by atoms with E-state index in [1.54, 1.807) is 6.07 Å². The van der Waals surface area contributed by atoms with E-state index in [0.29, 0.717) is 10.7 Å². The lowest BCUT2D eigenvalue weighted by Crippen LogP contribution is -2.15. The molecule has 0 heterocycles. The molecule has 0 fully saturated rings. The maximum absolute atomic E-state index is 12.5. The molecule has 6 heteroatoms. The Kier molecular flexibility index (Phi) is 6.48. The summed E-state index contributed by atoms with van der Waals surface area (Å²) in [6, 6.07) is 9.91. The van der Waals surface area contributed by atoms with Gasteiger partial charge >= 0.3 is 6.18 Å². The third-order valence-corrected chi connectivity index (χ3v) is 3.92. The molecule has 0 aromatic heterocycles. The summed E-state index contributed by atoms with van der Waals surface area (Å²) in [4.78, 5) is 12.1. The molecule has 0 saturated heterocycles. The van der Waals surface area contributed by atoms with Crippen molar-refractivity contribution < 1.29 is 18.0 Å². The monoisotopic (exact) mass is 369 g/mol. The normalized spacial score (nSPS) is 11.4. The molecule has 1 N–H and O–H groups in total. The first-order valence-corrected chi connectivity index (χ1v) is 8.41. The number of aryl methyl sites for hydroxylation is 1. The Hall–Kier alpha value is -2.01. The summed E-state index contributed by atoms with van der Waals surface area (Å²) in [5.41, 5.74) is 1.43. The zero-order valence-corrected chi connectivity index (χ0v) is 14.5. The molecule has 0 aliphatic rings. The van der Waals surface area contributed by atoms with Crippen LogP contribution in [0, 0.1) is 0 Å². The minimum atomic E-state index is -4.39. The van der Waals surface area contributed by atoms with Crippen molar-refractivity contribution in [3.63, 3.8) is 0 Å². The lowest BCUT2D eigenvalue weighted by molar-refractivity contribution is -0.137. The fourth-order valence-corrected chi connectivity index (χ4v) is 2.76. The molecule has 0 spiro atoms. The first kappa shape index (κ1) is 19.3. The van der Waals surface area contributed by atoms with Crippen molar-refractivity contribution in [1.29, 1.82) is 0 Å². The van der Waals surface area contributed by atoms with Gasteiger partial charge in [0, 0.05) is 10.7 Å². The van der Waals surface area contributed by atoms with Crippen molar-refractivity contribution in [3.05, 3.63) is 64.2 Å². The number of nitrogens with one attached hydrogen (secondary N) is 1. The molecule has 2 rings (SSSR count). The molecule has 0 aliphatic carbocycles. The topological polar surface area (TPSA) is 29.1 Å². The number of carbonyl (C=O) groups excluding carboxylic acids is 1. The van der Waals surface area contributed by atoms with Crippen LogP contribution >= 0.6 is 11.6 Å². The van der Waals surface area contributed by atoms with Crippen molar-refractivity contribution in [2.45, 2.75) is 38.8 Å². The highest BCUT2D eigenvalue weighted by Gasteiger charge is 2.29. The van der Waals surface area contributed by atoms with Crippen LogP contribution in [-0.2, 0) is 23.8 Å². The summed E-state index contributed by atoms with van der Waals surface area (Å²) >= 11 is 6.09. The van der Waals surface area contributed by atoms with Gasteiger partial charge in [-0.1, -0.05) is 31.0 Å². The van der Waals surface area contributed by atoms with E-state index in [1.165, 1.54) is 12.1 Å². The highest BCUT2D eigenvalue weighted by atomic mass is 35.5. The summed E-state index contributed by atoms with van der Waals surface area (Å²) in [6.07, 6.45) is -1.28. The van der Waals surface area contributed by atoms with Gasteiger partial charge in [-0.3, -0.25) is 4.79 Å². The van der Waals surface area contributed by atoms with Gasteiger partial charge in [0.25, 0.3) is 0 Å². The van der Waals surface area contributed by atoms with E-state index < -0.39 is 11.7 Å². The first-order valence-electron chi connectivity index (χ1n) is 8.03. The maximum atomic E-state index is 12.5. The summed E-state index contributed by atoms with van der Waals surface area (Å²) in [6.45, 7) is 2.10. The highest BCUT2D eigenvalue weighted by Crippen LogP contribution is 2.29. The van der Waals surface area contributed by atoms with Gasteiger partial charge in [-0.05, 0) is 60.4 Å². The lowest BCUT2D eigenvalue weighted by atomic mass is 10.0. The summed E-state index contributed by atoms with van der Waals surface area (Å²) in [5.74, 6) is -0.302. The van der Waals surface area contributed by atoms with E-state index in [9.17, 15) is 18.0 Å². The Balaban J connectivity index is 2.01. The van der Waals surface area contributed by atoms with Crippen molar-refractivity contribution in [1.82, 2.24) is 0 Å². The van der Waals surface area contributed by atoms with E-state index >= 15 is 0 Å². The summed E-state index contributed by atoms with van der Waals surface area (Å²) < 4.78 is 37.6. The van der Waals surface area contributed by atoms with Gasteiger partial charge in [0.1, 0.15) is 0 Å². The quantitative estimate of drug-likeness (QED) is 0.676. The van der Waals surface area contributed by atoms with E-state index in [-0.39, 0.29) is 12.3 Å². The van der Waals surface area contributed by atoms with Crippen molar-refractivity contribution >= 4 is 23.2 Å². The van der Waals surface area contributed by atoms with Gasteiger partial charge in [-0.2, -0.15) is 13.2 Å². The van der Waals surface area contributed by atoms with Gasteiger partial charge in [0.15, 0.2) is 0 Å². The zero-order valence-electron chi connectivity index (χ0n) is 13.8. The number of hydrogen-bond donors (Lipinski definition) is 1. The number of alkyl halides is 3. The minimum absolute atomic E-state index is 0.112. The number of benzene rings is 2. The smallest absolute Gasteiger partial charge is 0.326 e. The predicted molar refractivity (Wildman–Crippen MR) is 93.8 cm³/mol. The number of unbranched alkanes of at least 4 members (excludes halogenated alkanes) is 1. The third-order valence-electron chi connectivity index (χ3n) is 3.70. The summed E-state index contributed by atoms with van der Waals surface area (Å²) in [7, 11) is 0. The predicted octanol–water partition coefficient (Wildman–Crippen LogP) is 5.88. The number of rotatable bonds is 6. The van der Waals surface area contributed by atoms with Gasteiger partial charge < -0.3 is 5.32 Å². The van der Waals surface area contributed by atoms with Crippen LogP contribution in [0.2, 0.25) is 5.02 Å². The number of amides is 1. The molecule has 0 radical (unpaired) electrons. The average Bonchev–Trinajstić information content (AvgIpc) is 2.52. The highest BCUT2D eigenvalue weighted by molar-refractivity contribution is 6.30. The fraction of sp³-hybridized carbons (Fsp3) is 0.316. The second-order valence-corrected chi connectivity index (χ2v) is 6.31. The molecular weight excluding hydrogens is 351 g/mol. The second kappa shape index (κ2) is 8.39. The second-order valence-electron chi connectivity index (χ2n) is 5.87. The van der Waals surface area contributed by atoms with Crippen LogP contribution in [0.1, 0.15) is 36.5 Å². The SMILES string of the molecule is CCCCc1cc(Cl)cc(CC(=O)Nc2ccc(C(F)(F)F)cc2)c1. The van der Waals surface area contributed by atoms with Crippen molar-refractivity contribution in [2.24, 2.45) is 0 Å². The van der Waals surface area contributed by atoms with Crippen molar-refractivity contribution in [2.75, 3.05) is 5.32 Å². The molecule has 0 bridgehead atoms. The van der Waals surface area contributed by atoms with E-state index in [1.807, 2.05) is 12.1 Å². The third kappa shape index (κ3) is 6.09. The van der Waals surface area contributed by atoms with Gasteiger partial charge in [-0.25, -0.2) is 0 Å². The Morgan fingerprint density at radius 3 is 2.32 bits per heavy atom. The Labute approximate surface area is 150 Å². The van der Waals surface area contributed by atoms with Crippen LogP contribution in [-0.4, -0.2) is 5.91 Å². The molecule has 134 valence electrons. The molecule has 0 saturated carbocycles. The van der Waals surface area contributed by atoms with Crippen LogP contribution in [0.3, 0.4) is 0 Å². The van der Waals surface area contributed by atoms with Crippen LogP contribution in [0.4, 0.5) is 18.9 Å². The Morgan fingerprint density at radius 1 is 1.08 bits per heavy atom. The van der Waals surface area contributed by atoms with Gasteiger partial charge in [-0.15, -0.1) is 0 Å². The number of halogens is 4. The fourth-order valence-electron chi connectivity index (χ4n) is 2.48. The average molecular weight is 370 g/mol. The number of anilines is 1. The lowest BCUT2D eigenvalue weighted by Gasteiger charge is -2.10. The molecule has 0 aliphatic heterocycles. The maximum Gasteiger partial charge on any atom is 0.416 e. The number of hydrogen-bond acceptors (Lipinski definition) is 1. The molecule has 2 aromatic rings. The van der Waals surface area contributed by atoms with Crippen LogP contribution in [0.15, 0.2) is 42.5 Å². The van der Waals surface area contributed by atoms with Crippen LogP contribution < -0.4 is 5.32 Å². The molecule has 0 atom stereocenters. The largest absolute Gasteiger partial charge is 0.416 e. The standard InChI is InChI=1S/C19H19ClF3NO/c1-2-3-4-13-9-14(11-16(20)10-13)12-18(25)24-17-7-5-15(6-8-17)19(21,22)23/h5-11H,2-4,12H2,1H3,(H,24,25). The molecular formula is C19H19ClF3NO. The van der Waals surface area contributed by atoms with Gasteiger partial charge in [0.2, 0.25) is 5.91 Å². The molecule has 25 heavy (non-hydrogen) atoms. The van der Waals surface area contributed by atoms with E-state index in [4.69, 9.17) is 11.6 Å². The Bertz CT molecular complexity index is 726. The molecule has 2 aromatic carbocycles. The molecule has 2 nitrogen and oxygen atoms in total. The van der Waals surface area contributed by atoms with E-state index in [2.05, 4.69) is 12.2 Å². The molecule has 0 unspecified atom stereocenters. The van der Waals surface area contributed by atoms with E-state index in [0.717, 1.165) is 42.5 Å².